The van der Waals surface area contributed by atoms with Crippen LogP contribution in [0.15, 0.2) is 16.8 Å². The van der Waals surface area contributed by atoms with Gasteiger partial charge < -0.3 is 5.32 Å². The Morgan fingerprint density at radius 1 is 1.44 bits per heavy atom. The molecule has 0 aromatic carbocycles. The Hall–Kier alpha value is 0.01000. The SMILES string of the molecule is CSC1CCCCC1NCCc1ccsc1. The standard InChI is InChI=1S/C13H21NS2/c1-15-13-5-3-2-4-12(13)14-8-6-11-7-9-16-10-11/h7,9-10,12-14H,2-6,8H2,1H3. The van der Waals surface area contributed by atoms with Crippen molar-refractivity contribution in [1.82, 2.24) is 5.32 Å². The van der Waals surface area contributed by atoms with E-state index in [0.717, 1.165) is 17.8 Å². The van der Waals surface area contributed by atoms with Gasteiger partial charge in [0, 0.05) is 11.3 Å². The first-order valence-electron chi connectivity index (χ1n) is 6.17. The minimum absolute atomic E-state index is 0.752. The molecule has 1 aliphatic carbocycles. The molecule has 0 saturated heterocycles. The summed E-state index contributed by atoms with van der Waals surface area (Å²) in [4.78, 5) is 0. The van der Waals surface area contributed by atoms with Gasteiger partial charge in [-0.3, -0.25) is 0 Å². The van der Waals surface area contributed by atoms with Crippen LogP contribution in [0.2, 0.25) is 0 Å². The molecule has 1 aliphatic rings. The minimum Gasteiger partial charge on any atom is -0.313 e. The summed E-state index contributed by atoms with van der Waals surface area (Å²) in [7, 11) is 0. The highest BCUT2D eigenvalue weighted by Crippen LogP contribution is 2.27. The monoisotopic (exact) mass is 255 g/mol. The van der Waals surface area contributed by atoms with E-state index >= 15 is 0 Å². The smallest absolute Gasteiger partial charge is 0.0198 e. The second-order valence-electron chi connectivity index (χ2n) is 4.50. The molecule has 2 rings (SSSR count). The summed E-state index contributed by atoms with van der Waals surface area (Å²) in [5.41, 5.74) is 1.48. The van der Waals surface area contributed by atoms with Gasteiger partial charge in [-0.2, -0.15) is 23.1 Å². The lowest BCUT2D eigenvalue weighted by atomic mass is 9.95. The molecule has 3 heteroatoms. The van der Waals surface area contributed by atoms with Crippen LogP contribution in [-0.2, 0) is 6.42 Å². The van der Waals surface area contributed by atoms with E-state index < -0.39 is 0 Å². The molecule has 0 amide bonds. The third kappa shape index (κ3) is 3.51. The van der Waals surface area contributed by atoms with E-state index in [2.05, 4.69) is 28.4 Å². The Labute approximate surface area is 107 Å². The molecule has 1 saturated carbocycles. The molecule has 1 heterocycles. The zero-order valence-electron chi connectivity index (χ0n) is 9.95. The van der Waals surface area contributed by atoms with Gasteiger partial charge in [-0.1, -0.05) is 12.8 Å². The van der Waals surface area contributed by atoms with Gasteiger partial charge in [-0.05, 0) is 54.5 Å². The van der Waals surface area contributed by atoms with Crippen LogP contribution in [0.25, 0.3) is 0 Å². The highest BCUT2D eigenvalue weighted by Gasteiger charge is 2.23. The molecular formula is C13H21NS2. The van der Waals surface area contributed by atoms with Crippen molar-refractivity contribution in [1.29, 1.82) is 0 Å². The number of hydrogen-bond donors (Lipinski definition) is 1. The van der Waals surface area contributed by atoms with E-state index in [1.807, 2.05) is 11.8 Å². The van der Waals surface area contributed by atoms with E-state index in [-0.39, 0.29) is 0 Å². The van der Waals surface area contributed by atoms with Crippen molar-refractivity contribution < 1.29 is 0 Å². The van der Waals surface area contributed by atoms with Crippen molar-refractivity contribution in [3.05, 3.63) is 22.4 Å². The highest BCUT2D eigenvalue weighted by molar-refractivity contribution is 7.99. The van der Waals surface area contributed by atoms with Crippen LogP contribution in [0.5, 0.6) is 0 Å². The van der Waals surface area contributed by atoms with Crippen molar-refractivity contribution in [2.45, 2.75) is 43.4 Å². The van der Waals surface area contributed by atoms with E-state index in [1.165, 1.54) is 37.7 Å². The second-order valence-corrected chi connectivity index (χ2v) is 6.36. The summed E-state index contributed by atoms with van der Waals surface area (Å²) in [5.74, 6) is 0. The van der Waals surface area contributed by atoms with Crippen LogP contribution in [0.1, 0.15) is 31.2 Å². The normalized spacial score (nSPS) is 25.8. The van der Waals surface area contributed by atoms with Crippen molar-refractivity contribution in [2.75, 3.05) is 12.8 Å². The maximum absolute atomic E-state index is 3.74. The maximum Gasteiger partial charge on any atom is 0.0198 e. The molecule has 16 heavy (non-hydrogen) atoms. The third-order valence-corrected chi connectivity index (χ3v) is 5.31. The molecule has 1 N–H and O–H groups in total. The summed E-state index contributed by atoms with van der Waals surface area (Å²) in [5, 5.41) is 9.01. The van der Waals surface area contributed by atoms with Crippen molar-refractivity contribution >= 4 is 23.1 Å². The van der Waals surface area contributed by atoms with Crippen LogP contribution >= 0.6 is 23.1 Å². The van der Waals surface area contributed by atoms with Crippen molar-refractivity contribution in [3.8, 4) is 0 Å². The van der Waals surface area contributed by atoms with E-state index in [0.29, 0.717) is 0 Å². The summed E-state index contributed by atoms with van der Waals surface area (Å²) >= 11 is 3.84. The minimum atomic E-state index is 0.752. The Bertz CT molecular complexity index is 284. The van der Waals surface area contributed by atoms with E-state index in [9.17, 15) is 0 Å². The Balaban J connectivity index is 1.71. The predicted molar refractivity (Wildman–Crippen MR) is 75.6 cm³/mol. The van der Waals surface area contributed by atoms with E-state index in [4.69, 9.17) is 0 Å². The van der Waals surface area contributed by atoms with Gasteiger partial charge in [0.25, 0.3) is 0 Å². The first kappa shape index (κ1) is 12.5. The second kappa shape index (κ2) is 6.67. The van der Waals surface area contributed by atoms with Crippen LogP contribution in [0.3, 0.4) is 0 Å². The molecule has 1 aromatic rings. The molecule has 2 unspecified atom stereocenters. The van der Waals surface area contributed by atoms with Gasteiger partial charge in [0.15, 0.2) is 0 Å². The quantitative estimate of drug-likeness (QED) is 0.863. The summed E-state index contributed by atoms with van der Waals surface area (Å²) in [6, 6.07) is 2.99. The molecule has 1 aromatic heterocycles. The molecular weight excluding hydrogens is 234 g/mol. The number of hydrogen-bond acceptors (Lipinski definition) is 3. The number of rotatable bonds is 5. The fraction of sp³-hybridized carbons (Fsp3) is 0.692. The van der Waals surface area contributed by atoms with Gasteiger partial charge in [0.2, 0.25) is 0 Å². The van der Waals surface area contributed by atoms with Gasteiger partial charge in [-0.15, -0.1) is 0 Å². The summed E-state index contributed by atoms with van der Waals surface area (Å²) in [6.45, 7) is 1.14. The first-order valence-corrected chi connectivity index (χ1v) is 8.40. The topological polar surface area (TPSA) is 12.0 Å². The summed E-state index contributed by atoms with van der Waals surface area (Å²) < 4.78 is 0. The average Bonchev–Trinajstić information content (AvgIpc) is 2.83. The maximum atomic E-state index is 3.74. The molecule has 0 bridgehead atoms. The number of thiophene rings is 1. The van der Waals surface area contributed by atoms with Gasteiger partial charge in [0.05, 0.1) is 0 Å². The highest BCUT2D eigenvalue weighted by atomic mass is 32.2. The van der Waals surface area contributed by atoms with Crippen LogP contribution in [-0.4, -0.2) is 24.1 Å². The zero-order chi connectivity index (χ0) is 11.2. The molecule has 1 fully saturated rings. The van der Waals surface area contributed by atoms with Crippen LogP contribution in [0.4, 0.5) is 0 Å². The fourth-order valence-corrected chi connectivity index (χ4v) is 4.12. The Kier molecular flexibility index (Phi) is 5.20. The Morgan fingerprint density at radius 2 is 2.31 bits per heavy atom. The Morgan fingerprint density at radius 3 is 3.06 bits per heavy atom. The number of thioether (sulfide) groups is 1. The van der Waals surface area contributed by atoms with Crippen LogP contribution in [0, 0.1) is 0 Å². The van der Waals surface area contributed by atoms with E-state index in [1.54, 1.807) is 11.3 Å². The largest absolute Gasteiger partial charge is 0.313 e. The number of nitrogens with one attached hydrogen (secondary N) is 1. The third-order valence-electron chi connectivity index (χ3n) is 3.41. The lowest BCUT2D eigenvalue weighted by Gasteiger charge is -2.31. The first-order chi connectivity index (χ1) is 7.90. The molecule has 0 radical (unpaired) electrons. The fourth-order valence-electron chi connectivity index (χ4n) is 2.45. The molecule has 90 valence electrons. The predicted octanol–water partition coefficient (Wildman–Crippen LogP) is 3.55. The molecule has 2 atom stereocenters. The lowest BCUT2D eigenvalue weighted by molar-refractivity contribution is 0.386. The lowest BCUT2D eigenvalue weighted by Crippen LogP contribution is -2.41. The molecule has 1 nitrogen and oxygen atoms in total. The van der Waals surface area contributed by atoms with Crippen molar-refractivity contribution in [3.63, 3.8) is 0 Å². The van der Waals surface area contributed by atoms with Gasteiger partial charge >= 0.3 is 0 Å². The van der Waals surface area contributed by atoms with Gasteiger partial charge in [-0.25, -0.2) is 0 Å². The van der Waals surface area contributed by atoms with Crippen molar-refractivity contribution in [2.24, 2.45) is 0 Å². The summed E-state index contributed by atoms with van der Waals surface area (Å²) in [6.07, 6.45) is 9.04. The molecule has 0 spiro atoms. The molecule has 0 aliphatic heterocycles. The zero-order valence-corrected chi connectivity index (χ0v) is 11.6. The van der Waals surface area contributed by atoms with Crippen LogP contribution < -0.4 is 5.32 Å². The van der Waals surface area contributed by atoms with Gasteiger partial charge in [0.1, 0.15) is 0 Å². The average molecular weight is 255 g/mol.